The molecule has 0 spiro atoms. The molecule has 0 saturated heterocycles. The topological polar surface area (TPSA) is 59.9 Å². The summed E-state index contributed by atoms with van der Waals surface area (Å²) in [6.07, 6.45) is 1.52. The number of carbonyl (C=O) groups excluding carboxylic acids is 1. The lowest BCUT2D eigenvalue weighted by Crippen LogP contribution is -2.18. The first kappa shape index (κ1) is 23.9. The van der Waals surface area contributed by atoms with Gasteiger partial charge in [-0.15, -0.1) is 0 Å². The average Bonchev–Trinajstić information content (AvgIpc) is 2.83. The van der Waals surface area contributed by atoms with Crippen molar-refractivity contribution in [2.45, 2.75) is 6.61 Å². The summed E-state index contributed by atoms with van der Waals surface area (Å²) in [6, 6.07) is 21.3. The second-order valence-corrected chi connectivity index (χ2v) is 9.00. The Bertz CT molecular complexity index is 1370. The van der Waals surface area contributed by atoms with Crippen LogP contribution in [-0.4, -0.2) is 19.2 Å². The van der Waals surface area contributed by atoms with E-state index in [1.54, 1.807) is 36.4 Å². The van der Waals surface area contributed by atoms with E-state index in [9.17, 15) is 9.18 Å². The van der Waals surface area contributed by atoms with Crippen molar-refractivity contribution >= 4 is 54.8 Å². The van der Waals surface area contributed by atoms with Crippen molar-refractivity contribution in [2.75, 3.05) is 7.11 Å². The molecule has 1 amide bonds. The molecule has 0 heterocycles. The van der Waals surface area contributed by atoms with Gasteiger partial charge in [-0.3, -0.25) is 4.79 Å². The van der Waals surface area contributed by atoms with Crippen LogP contribution in [0.2, 0.25) is 0 Å². The number of ether oxygens (including phenoxy) is 2. The van der Waals surface area contributed by atoms with Crippen LogP contribution in [0.5, 0.6) is 11.5 Å². The van der Waals surface area contributed by atoms with E-state index in [1.807, 2.05) is 30.3 Å². The van der Waals surface area contributed by atoms with Crippen molar-refractivity contribution in [3.05, 3.63) is 104 Å². The number of methoxy groups -OCH3 is 1. The van der Waals surface area contributed by atoms with E-state index >= 15 is 0 Å². The Hall–Kier alpha value is -3.23. The second-order valence-electron chi connectivity index (χ2n) is 7.29. The van der Waals surface area contributed by atoms with Gasteiger partial charge in [-0.05, 0) is 78.5 Å². The van der Waals surface area contributed by atoms with Crippen LogP contribution in [-0.2, 0) is 6.61 Å². The van der Waals surface area contributed by atoms with Crippen molar-refractivity contribution < 1.29 is 18.7 Å². The number of benzene rings is 4. The fourth-order valence-electron chi connectivity index (χ4n) is 3.35. The summed E-state index contributed by atoms with van der Waals surface area (Å²) < 4.78 is 26.3. The summed E-state index contributed by atoms with van der Waals surface area (Å²) in [5.74, 6) is 0.290. The minimum absolute atomic E-state index is 0.0843. The summed E-state index contributed by atoms with van der Waals surface area (Å²) in [7, 11) is 1.52. The molecule has 0 fully saturated rings. The van der Waals surface area contributed by atoms with Gasteiger partial charge in [0.2, 0.25) is 0 Å². The molecule has 34 heavy (non-hydrogen) atoms. The molecule has 172 valence electrons. The Morgan fingerprint density at radius 1 is 1.00 bits per heavy atom. The van der Waals surface area contributed by atoms with Crippen LogP contribution in [0.25, 0.3) is 10.8 Å². The quantitative estimate of drug-likeness (QED) is 0.190. The maximum Gasteiger partial charge on any atom is 0.275 e. The largest absolute Gasteiger partial charge is 0.496 e. The molecular formula is C26H19Br2FN2O3. The summed E-state index contributed by atoms with van der Waals surface area (Å²) in [6.45, 7) is 0.0843. The number of fused-ring (bicyclic) bond motifs is 1. The molecule has 0 radical (unpaired) electrons. The van der Waals surface area contributed by atoms with Gasteiger partial charge in [0.15, 0.2) is 0 Å². The van der Waals surface area contributed by atoms with E-state index in [0.717, 1.165) is 10.8 Å². The SMILES string of the molecule is COc1cc2ccccc2cc1C(=O)N/N=C\c1cc(Br)c(OCc2ccccc2F)c(Br)c1. The maximum atomic E-state index is 13.8. The fraction of sp³-hybridized carbons (Fsp3) is 0.0769. The molecule has 0 aliphatic heterocycles. The standard InChI is InChI=1S/C26H19Br2FN2O3/c1-33-24-13-18-7-3-2-6-17(18)12-20(24)26(32)31-30-14-16-10-21(27)25(22(28)11-16)34-15-19-8-4-5-9-23(19)29/h2-14H,15H2,1H3,(H,31,32)/b30-14-. The molecule has 4 aromatic rings. The Labute approximate surface area is 212 Å². The highest BCUT2D eigenvalue weighted by atomic mass is 79.9. The van der Waals surface area contributed by atoms with E-state index in [-0.39, 0.29) is 18.3 Å². The zero-order chi connectivity index (χ0) is 24.1. The number of rotatable bonds is 7. The molecule has 0 unspecified atom stereocenters. The molecule has 4 rings (SSSR count). The van der Waals surface area contributed by atoms with Gasteiger partial charge >= 0.3 is 0 Å². The first-order valence-electron chi connectivity index (χ1n) is 10.2. The second kappa shape index (κ2) is 10.8. The van der Waals surface area contributed by atoms with Gasteiger partial charge in [-0.1, -0.05) is 42.5 Å². The van der Waals surface area contributed by atoms with E-state index in [2.05, 4.69) is 42.4 Å². The highest BCUT2D eigenvalue weighted by Crippen LogP contribution is 2.35. The monoisotopic (exact) mass is 584 g/mol. The number of halogens is 3. The molecule has 0 aromatic heterocycles. The normalized spacial score (nSPS) is 11.1. The third kappa shape index (κ3) is 5.46. The van der Waals surface area contributed by atoms with Crippen molar-refractivity contribution in [2.24, 2.45) is 5.10 Å². The lowest BCUT2D eigenvalue weighted by atomic mass is 10.1. The third-order valence-electron chi connectivity index (χ3n) is 5.04. The molecule has 4 aromatic carbocycles. The highest BCUT2D eigenvalue weighted by Gasteiger charge is 2.14. The third-order valence-corrected chi connectivity index (χ3v) is 6.22. The first-order chi connectivity index (χ1) is 16.5. The predicted molar refractivity (Wildman–Crippen MR) is 138 cm³/mol. The summed E-state index contributed by atoms with van der Waals surface area (Å²) in [5.41, 5.74) is 4.10. The van der Waals surface area contributed by atoms with Gasteiger partial charge in [0, 0.05) is 5.56 Å². The molecule has 5 nitrogen and oxygen atoms in total. The predicted octanol–water partition coefficient (Wildman–Crippen LogP) is 6.86. The van der Waals surface area contributed by atoms with Gasteiger partial charge in [0.25, 0.3) is 5.91 Å². The van der Waals surface area contributed by atoms with Gasteiger partial charge in [-0.25, -0.2) is 9.82 Å². The van der Waals surface area contributed by atoms with Crippen molar-refractivity contribution in [3.8, 4) is 11.5 Å². The number of carbonyl (C=O) groups is 1. The molecule has 1 N–H and O–H groups in total. The van der Waals surface area contributed by atoms with Gasteiger partial charge in [-0.2, -0.15) is 5.10 Å². The Morgan fingerprint density at radius 3 is 2.32 bits per heavy atom. The van der Waals surface area contributed by atoms with Crippen LogP contribution in [0.15, 0.2) is 86.8 Å². The van der Waals surface area contributed by atoms with Crippen LogP contribution in [0.3, 0.4) is 0 Å². The van der Waals surface area contributed by atoms with E-state index < -0.39 is 0 Å². The van der Waals surface area contributed by atoms with Crippen molar-refractivity contribution in [1.29, 1.82) is 0 Å². The number of hydrogen-bond donors (Lipinski definition) is 1. The molecule has 0 bridgehead atoms. The highest BCUT2D eigenvalue weighted by molar-refractivity contribution is 9.11. The van der Waals surface area contributed by atoms with Crippen LogP contribution >= 0.6 is 31.9 Å². The fourth-order valence-corrected chi connectivity index (χ4v) is 4.80. The summed E-state index contributed by atoms with van der Waals surface area (Å²) in [5, 5.41) is 5.98. The number of hydrogen-bond acceptors (Lipinski definition) is 4. The van der Waals surface area contributed by atoms with Crippen LogP contribution in [0.4, 0.5) is 4.39 Å². The van der Waals surface area contributed by atoms with E-state index in [1.165, 1.54) is 19.4 Å². The molecule has 0 saturated carbocycles. The zero-order valence-electron chi connectivity index (χ0n) is 18.0. The molecule has 0 aliphatic carbocycles. The summed E-state index contributed by atoms with van der Waals surface area (Å²) in [4.78, 5) is 12.7. The number of nitrogens with one attached hydrogen (secondary N) is 1. The van der Waals surface area contributed by atoms with E-state index in [4.69, 9.17) is 9.47 Å². The number of hydrazone groups is 1. The van der Waals surface area contributed by atoms with Gasteiger partial charge in [0.05, 0.1) is 27.8 Å². The van der Waals surface area contributed by atoms with Gasteiger partial charge < -0.3 is 9.47 Å². The first-order valence-corrected chi connectivity index (χ1v) is 11.8. The van der Waals surface area contributed by atoms with Crippen LogP contribution in [0, 0.1) is 5.82 Å². The number of nitrogens with zero attached hydrogens (tertiary/aromatic N) is 1. The minimum Gasteiger partial charge on any atom is -0.496 e. The molecule has 8 heteroatoms. The Morgan fingerprint density at radius 2 is 1.65 bits per heavy atom. The van der Waals surface area contributed by atoms with E-state index in [0.29, 0.717) is 37.1 Å². The van der Waals surface area contributed by atoms with Crippen molar-refractivity contribution in [1.82, 2.24) is 5.43 Å². The molecule has 0 atom stereocenters. The minimum atomic E-state index is -0.387. The lowest BCUT2D eigenvalue weighted by Gasteiger charge is -2.12. The maximum absolute atomic E-state index is 13.8. The Kier molecular flexibility index (Phi) is 7.59. The molecule has 0 aliphatic rings. The number of amides is 1. The van der Waals surface area contributed by atoms with Crippen LogP contribution in [0.1, 0.15) is 21.5 Å². The van der Waals surface area contributed by atoms with Gasteiger partial charge in [0.1, 0.15) is 23.9 Å². The lowest BCUT2D eigenvalue weighted by molar-refractivity contribution is 0.0952. The van der Waals surface area contributed by atoms with Crippen LogP contribution < -0.4 is 14.9 Å². The molecular weight excluding hydrogens is 567 g/mol. The van der Waals surface area contributed by atoms with Crippen molar-refractivity contribution in [3.63, 3.8) is 0 Å². The zero-order valence-corrected chi connectivity index (χ0v) is 21.2. The Balaban J connectivity index is 1.46. The average molecular weight is 586 g/mol. The summed E-state index contributed by atoms with van der Waals surface area (Å²) >= 11 is 6.95. The smallest absolute Gasteiger partial charge is 0.275 e.